The fraction of sp³-hybridized carbons (Fsp3) is 0.208. The van der Waals surface area contributed by atoms with Crippen molar-refractivity contribution in [2.75, 3.05) is 26.3 Å². The molecule has 9 heteroatoms. The van der Waals surface area contributed by atoms with Gasteiger partial charge in [0.25, 0.3) is 10.0 Å². The number of benzene rings is 2. The van der Waals surface area contributed by atoms with Crippen LogP contribution in [-0.4, -0.2) is 54.6 Å². The lowest BCUT2D eigenvalue weighted by Crippen LogP contribution is -2.35. The number of aromatic hydroxyl groups is 1. The Morgan fingerprint density at radius 3 is 2.58 bits per heavy atom. The molecule has 1 aromatic heterocycles. The summed E-state index contributed by atoms with van der Waals surface area (Å²) in [5.74, 6) is -0.970. The number of amides is 1. The fourth-order valence-electron chi connectivity index (χ4n) is 3.71. The van der Waals surface area contributed by atoms with Gasteiger partial charge >= 0.3 is 0 Å². The number of hydrogen-bond acceptors (Lipinski definition) is 6. The van der Waals surface area contributed by atoms with Gasteiger partial charge in [0.1, 0.15) is 10.6 Å². The number of nitrogens with zero attached hydrogens (tertiary/aromatic N) is 2. The second kappa shape index (κ2) is 9.62. The number of rotatable bonds is 7. The normalized spacial score (nSPS) is 15.2. The Kier molecular flexibility index (Phi) is 6.64. The average molecular weight is 468 g/mol. The van der Waals surface area contributed by atoms with Crippen LogP contribution in [0.2, 0.25) is 0 Å². The molecule has 33 heavy (non-hydrogen) atoms. The third kappa shape index (κ3) is 5.33. The first kappa shape index (κ1) is 22.8. The highest BCUT2D eigenvalue weighted by atomic mass is 32.2. The van der Waals surface area contributed by atoms with Crippen LogP contribution in [0, 0.1) is 0 Å². The van der Waals surface area contributed by atoms with Crippen molar-refractivity contribution in [2.45, 2.75) is 11.4 Å². The maximum atomic E-state index is 13.0. The van der Waals surface area contributed by atoms with E-state index in [0.717, 1.165) is 54.0 Å². The molecule has 0 radical (unpaired) electrons. The Balaban J connectivity index is 1.57. The Hall–Kier alpha value is -3.40. The number of ether oxygens (including phenoxy) is 1. The van der Waals surface area contributed by atoms with E-state index in [4.69, 9.17) is 10.5 Å². The van der Waals surface area contributed by atoms with E-state index in [2.05, 4.69) is 4.90 Å². The standard InChI is InChI=1S/C24H25N3O5S/c25-24(29)7-4-18-8-9-27(17-18)33(30,31)23-6-5-21(15-22(23)28)20-3-1-2-19(14-20)16-26-10-12-32-13-11-26/h1-9,14-15,17,28H,10-13,16H2,(H2,25,29)/b7-4+. The molecule has 0 bridgehead atoms. The van der Waals surface area contributed by atoms with E-state index < -0.39 is 15.9 Å². The highest BCUT2D eigenvalue weighted by Gasteiger charge is 2.21. The van der Waals surface area contributed by atoms with E-state index in [1.54, 1.807) is 6.07 Å². The molecule has 0 unspecified atom stereocenters. The molecule has 3 N–H and O–H groups in total. The summed E-state index contributed by atoms with van der Waals surface area (Å²) in [6.45, 7) is 4.03. The average Bonchev–Trinajstić information content (AvgIpc) is 3.28. The molecular formula is C24H25N3O5S. The number of morpholine rings is 1. The first-order valence-electron chi connectivity index (χ1n) is 10.5. The van der Waals surface area contributed by atoms with Crippen molar-refractivity contribution in [3.8, 4) is 16.9 Å². The van der Waals surface area contributed by atoms with Crippen LogP contribution in [-0.2, 0) is 26.1 Å². The van der Waals surface area contributed by atoms with Gasteiger partial charge in [-0.1, -0.05) is 24.3 Å². The van der Waals surface area contributed by atoms with Crippen molar-refractivity contribution < 1.29 is 23.1 Å². The Labute approximate surface area is 192 Å². The van der Waals surface area contributed by atoms with Crippen molar-refractivity contribution in [1.82, 2.24) is 8.87 Å². The van der Waals surface area contributed by atoms with Gasteiger partial charge in [-0.2, -0.15) is 0 Å². The fourth-order valence-corrected chi connectivity index (χ4v) is 4.99. The van der Waals surface area contributed by atoms with E-state index in [0.29, 0.717) is 11.1 Å². The van der Waals surface area contributed by atoms with Crippen molar-refractivity contribution in [2.24, 2.45) is 5.73 Å². The molecule has 0 saturated carbocycles. The molecule has 1 saturated heterocycles. The largest absolute Gasteiger partial charge is 0.506 e. The number of phenolic OH excluding ortho intramolecular Hbond substituents is 1. The van der Waals surface area contributed by atoms with Crippen LogP contribution >= 0.6 is 0 Å². The van der Waals surface area contributed by atoms with Crippen LogP contribution in [0.1, 0.15) is 11.1 Å². The third-order valence-electron chi connectivity index (χ3n) is 5.41. The summed E-state index contributed by atoms with van der Waals surface area (Å²) in [4.78, 5) is 13.0. The Bertz CT molecular complexity index is 1290. The quantitative estimate of drug-likeness (QED) is 0.516. The number of carbonyl (C=O) groups is 1. The minimum Gasteiger partial charge on any atom is -0.506 e. The van der Waals surface area contributed by atoms with E-state index in [9.17, 15) is 18.3 Å². The summed E-state index contributed by atoms with van der Waals surface area (Å²) in [5.41, 5.74) is 8.30. The molecule has 2 heterocycles. The molecule has 0 atom stereocenters. The maximum Gasteiger partial charge on any atom is 0.271 e. The first-order chi connectivity index (χ1) is 15.8. The molecule has 3 aromatic rings. The number of nitrogens with two attached hydrogens (primary N) is 1. The lowest BCUT2D eigenvalue weighted by Gasteiger charge is -2.26. The van der Waals surface area contributed by atoms with Gasteiger partial charge in [-0.05, 0) is 52.6 Å². The number of phenols is 1. The zero-order valence-electron chi connectivity index (χ0n) is 17.9. The third-order valence-corrected chi connectivity index (χ3v) is 7.10. The van der Waals surface area contributed by atoms with E-state index >= 15 is 0 Å². The van der Waals surface area contributed by atoms with Gasteiger partial charge < -0.3 is 15.6 Å². The van der Waals surface area contributed by atoms with Gasteiger partial charge in [0.2, 0.25) is 5.91 Å². The first-order valence-corrected chi connectivity index (χ1v) is 11.9. The predicted molar refractivity (Wildman–Crippen MR) is 125 cm³/mol. The topological polar surface area (TPSA) is 115 Å². The van der Waals surface area contributed by atoms with Crippen molar-refractivity contribution in [3.63, 3.8) is 0 Å². The summed E-state index contributed by atoms with van der Waals surface area (Å²) in [5, 5.41) is 10.6. The Morgan fingerprint density at radius 1 is 1.09 bits per heavy atom. The summed E-state index contributed by atoms with van der Waals surface area (Å²) in [7, 11) is -4.02. The summed E-state index contributed by atoms with van der Waals surface area (Å²) in [6.07, 6.45) is 5.25. The molecule has 172 valence electrons. The zero-order valence-corrected chi connectivity index (χ0v) is 18.7. The summed E-state index contributed by atoms with van der Waals surface area (Å²) < 4.78 is 32.4. The van der Waals surface area contributed by atoms with Crippen molar-refractivity contribution in [3.05, 3.63) is 78.1 Å². The smallest absolute Gasteiger partial charge is 0.271 e. The summed E-state index contributed by atoms with van der Waals surface area (Å²) in [6, 6.07) is 14.0. The van der Waals surface area contributed by atoms with Crippen molar-refractivity contribution in [1.29, 1.82) is 0 Å². The number of carbonyl (C=O) groups excluding carboxylic acids is 1. The molecule has 1 fully saturated rings. The minimum absolute atomic E-state index is 0.211. The van der Waals surface area contributed by atoms with Gasteiger partial charge in [0.05, 0.1) is 13.2 Å². The summed E-state index contributed by atoms with van der Waals surface area (Å²) >= 11 is 0. The van der Waals surface area contributed by atoms with Crippen LogP contribution in [0.4, 0.5) is 0 Å². The zero-order chi connectivity index (χ0) is 23.4. The van der Waals surface area contributed by atoms with Crippen LogP contribution < -0.4 is 5.73 Å². The monoisotopic (exact) mass is 467 g/mol. The predicted octanol–water partition coefficient (Wildman–Crippen LogP) is 2.43. The minimum atomic E-state index is -4.02. The van der Waals surface area contributed by atoms with Crippen molar-refractivity contribution >= 4 is 22.0 Å². The second-order valence-corrected chi connectivity index (χ2v) is 9.60. The van der Waals surface area contributed by atoms with Gasteiger partial charge in [0, 0.05) is 38.1 Å². The van der Waals surface area contributed by atoms with Crippen LogP contribution in [0.15, 0.2) is 71.9 Å². The molecular weight excluding hydrogens is 442 g/mol. The SMILES string of the molecule is NC(=O)/C=C/c1ccn(S(=O)(=O)c2ccc(-c3cccc(CN4CCOCC4)c3)cc2O)c1. The van der Waals surface area contributed by atoms with Crippen LogP contribution in [0.3, 0.4) is 0 Å². The molecule has 1 aliphatic heterocycles. The van der Waals surface area contributed by atoms with Gasteiger partial charge in [-0.3, -0.25) is 9.69 Å². The van der Waals surface area contributed by atoms with Gasteiger partial charge in [-0.25, -0.2) is 12.4 Å². The molecule has 1 amide bonds. The van der Waals surface area contributed by atoms with E-state index in [1.807, 2.05) is 24.3 Å². The lowest BCUT2D eigenvalue weighted by atomic mass is 10.0. The Morgan fingerprint density at radius 2 is 1.85 bits per heavy atom. The molecule has 2 aromatic carbocycles. The molecule has 0 aliphatic carbocycles. The van der Waals surface area contributed by atoms with Gasteiger partial charge in [0.15, 0.2) is 0 Å². The van der Waals surface area contributed by atoms with E-state index in [1.165, 1.54) is 36.7 Å². The lowest BCUT2D eigenvalue weighted by molar-refractivity contribution is -0.113. The number of aromatic nitrogens is 1. The van der Waals surface area contributed by atoms with Crippen LogP contribution in [0.25, 0.3) is 17.2 Å². The molecule has 1 aliphatic rings. The highest BCUT2D eigenvalue weighted by molar-refractivity contribution is 7.90. The second-order valence-electron chi connectivity index (χ2n) is 7.79. The number of primary amides is 1. The van der Waals surface area contributed by atoms with Gasteiger partial charge in [-0.15, -0.1) is 0 Å². The molecule has 4 rings (SSSR count). The van der Waals surface area contributed by atoms with E-state index in [-0.39, 0.29) is 10.6 Å². The maximum absolute atomic E-state index is 13.0. The number of hydrogen-bond donors (Lipinski definition) is 2. The highest BCUT2D eigenvalue weighted by Crippen LogP contribution is 2.31. The van der Waals surface area contributed by atoms with Crippen LogP contribution in [0.5, 0.6) is 5.75 Å². The molecule has 8 nitrogen and oxygen atoms in total. The molecule has 0 spiro atoms.